The Kier molecular flexibility index (Phi) is 4.32. The summed E-state index contributed by atoms with van der Waals surface area (Å²) in [5, 5.41) is 0. The van der Waals surface area contributed by atoms with Crippen LogP contribution in [0.2, 0.25) is 0 Å². The smallest absolute Gasteiger partial charge is 0.410 e. The summed E-state index contributed by atoms with van der Waals surface area (Å²) in [4.78, 5) is 32.8. The topological polar surface area (TPSA) is 62.7 Å². The molecular formula is C17H22BrN3O3. The van der Waals surface area contributed by atoms with E-state index < -0.39 is 5.60 Å². The van der Waals surface area contributed by atoms with E-state index in [1.807, 2.05) is 25.7 Å². The van der Waals surface area contributed by atoms with E-state index in [1.165, 1.54) is 0 Å². The van der Waals surface area contributed by atoms with Crippen molar-refractivity contribution in [3.63, 3.8) is 0 Å². The Bertz CT molecular complexity index is 667. The fourth-order valence-corrected chi connectivity index (χ4v) is 3.40. The predicted molar refractivity (Wildman–Crippen MR) is 92.7 cm³/mol. The highest BCUT2D eigenvalue weighted by atomic mass is 79.9. The number of carbonyl (C=O) groups is 2. The number of piperazine rings is 1. The molecule has 6 nitrogen and oxygen atoms in total. The molecule has 0 atom stereocenters. The Morgan fingerprint density at radius 3 is 2.54 bits per heavy atom. The molecular weight excluding hydrogens is 374 g/mol. The fraction of sp³-hybridized carbons (Fsp3) is 0.588. The number of hydrogen-bond donors (Lipinski definition) is 0. The maximum atomic E-state index is 12.8. The highest BCUT2D eigenvalue weighted by molar-refractivity contribution is 9.10. The second-order valence-corrected chi connectivity index (χ2v) is 8.39. The van der Waals surface area contributed by atoms with Crippen molar-refractivity contribution in [3.8, 4) is 0 Å². The number of rotatable bonds is 1. The molecule has 1 aliphatic carbocycles. The lowest BCUT2D eigenvalue weighted by Gasteiger charge is -2.42. The molecule has 1 saturated heterocycles. The number of nitrogens with zero attached hydrogens (tertiary/aromatic N) is 3. The maximum Gasteiger partial charge on any atom is 0.410 e. The number of carbonyl (C=O) groups excluding carboxylic acids is 2. The molecule has 0 aromatic carbocycles. The zero-order chi connectivity index (χ0) is 17.5. The molecule has 3 rings (SSSR count). The predicted octanol–water partition coefficient (Wildman–Crippen LogP) is 3.07. The first-order valence-corrected chi connectivity index (χ1v) is 8.90. The summed E-state index contributed by atoms with van der Waals surface area (Å²) in [6, 6.07) is 1.78. The zero-order valence-electron chi connectivity index (χ0n) is 14.2. The van der Waals surface area contributed by atoms with Crippen LogP contribution in [0.25, 0.3) is 0 Å². The summed E-state index contributed by atoms with van der Waals surface area (Å²) >= 11 is 3.35. The van der Waals surface area contributed by atoms with Gasteiger partial charge in [0.05, 0.1) is 11.1 Å². The van der Waals surface area contributed by atoms with Gasteiger partial charge in [-0.15, -0.1) is 0 Å². The van der Waals surface area contributed by atoms with Crippen LogP contribution in [-0.2, 0) is 4.74 Å². The fourth-order valence-electron chi connectivity index (χ4n) is 3.03. The van der Waals surface area contributed by atoms with E-state index in [0.29, 0.717) is 25.2 Å². The van der Waals surface area contributed by atoms with Crippen LogP contribution in [0.1, 0.15) is 44.0 Å². The van der Waals surface area contributed by atoms with Crippen molar-refractivity contribution in [3.05, 3.63) is 28.5 Å². The molecule has 7 heteroatoms. The zero-order valence-corrected chi connectivity index (χ0v) is 15.8. The molecule has 0 unspecified atom stereocenters. The first kappa shape index (κ1) is 17.2. The van der Waals surface area contributed by atoms with Gasteiger partial charge < -0.3 is 14.5 Å². The maximum absolute atomic E-state index is 12.8. The van der Waals surface area contributed by atoms with E-state index in [9.17, 15) is 9.59 Å². The molecule has 24 heavy (non-hydrogen) atoms. The van der Waals surface area contributed by atoms with Crippen LogP contribution < -0.4 is 0 Å². The van der Waals surface area contributed by atoms with Crippen molar-refractivity contribution in [2.24, 2.45) is 0 Å². The molecule has 2 fully saturated rings. The lowest BCUT2D eigenvalue weighted by Crippen LogP contribution is -2.58. The third-order valence-electron chi connectivity index (χ3n) is 4.33. The Morgan fingerprint density at radius 1 is 1.25 bits per heavy atom. The van der Waals surface area contributed by atoms with E-state index in [4.69, 9.17) is 4.74 Å². The minimum atomic E-state index is -0.511. The van der Waals surface area contributed by atoms with Gasteiger partial charge in [0.25, 0.3) is 5.91 Å². The molecule has 2 heterocycles. The van der Waals surface area contributed by atoms with Crippen LogP contribution in [0.15, 0.2) is 22.9 Å². The van der Waals surface area contributed by atoms with Crippen LogP contribution in [0.3, 0.4) is 0 Å². The summed E-state index contributed by atoms with van der Waals surface area (Å²) in [5.41, 5.74) is -0.182. The Morgan fingerprint density at radius 2 is 1.96 bits per heavy atom. The van der Waals surface area contributed by atoms with Gasteiger partial charge in [-0.25, -0.2) is 4.79 Å². The molecule has 2 aliphatic rings. The minimum Gasteiger partial charge on any atom is -0.444 e. The number of amides is 2. The molecule has 130 valence electrons. The molecule has 1 saturated carbocycles. The number of ether oxygens (including phenoxy) is 1. The van der Waals surface area contributed by atoms with Gasteiger partial charge in [0.15, 0.2) is 0 Å². The number of halogens is 1. The SMILES string of the molecule is CC(C)(C)OC(=O)N1CCN(C(=O)c2cncc(Br)c2)C2(CC2)C1. The van der Waals surface area contributed by atoms with Crippen LogP contribution in [0.4, 0.5) is 4.79 Å². The Balaban J connectivity index is 1.71. The van der Waals surface area contributed by atoms with Crippen LogP contribution >= 0.6 is 15.9 Å². The average Bonchev–Trinajstić information content (AvgIpc) is 3.24. The largest absolute Gasteiger partial charge is 0.444 e. The Labute approximate surface area is 150 Å². The van der Waals surface area contributed by atoms with Crippen molar-refractivity contribution in [1.29, 1.82) is 0 Å². The Hall–Kier alpha value is -1.63. The number of pyridine rings is 1. The summed E-state index contributed by atoms with van der Waals surface area (Å²) in [7, 11) is 0. The third-order valence-corrected chi connectivity index (χ3v) is 4.76. The van der Waals surface area contributed by atoms with E-state index in [1.54, 1.807) is 23.4 Å². The van der Waals surface area contributed by atoms with Crippen molar-refractivity contribution in [2.75, 3.05) is 19.6 Å². The second-order valence-electron chi connectivity index (χ2n) is 7.47. The van der Waals surface area contributed by atoms with E-state index in [2.05, 4.69) is 20.9 Å². The lowest BCUT2D eigenvalue weighted by molar-refractivity contribution is 0.000623. The number of hydrogen-bond acceptors (Lipinski definition) is 4. The van der Waals surface area contributed by atoms with E-state index >= 15 is 0 Å². The standard InChI is InChI=1S/C17H22BrN3O3/c1-16(2,3)24-15(23)20-6-7-21(17(11-20)4-5-17)14(22)12-8-13(18)10-19-9-12/h8-10H,4-7,11H2,1-3H3. The third kappa shape index (κ3) is 3.55. The van der Waals surface area contributed by atoms with Crippen LogP contribution in [0.5, 0.6) is 0 Å². The van der Waals surface area contributed by atoms with Gasteiger partial charge in [-0.1, -0.05) is 0 Å². The molecule has 0 bridgehead atoms. The van der Waals surface area contributed by atoms with Gasteiger partial charge in [-0.3, -0.25) is 9.78 Å². The molecule has 1 aromatic rings. The molecule has 1 aliphatic heterocycles. The summed E-state index contributed by atoms with van der Waals surface area (Å²) < 4.78 is 6.24. The number of aromatic nitrogens is 1. The first-order chi connectivity index (χ1) is 11.2. The van der Waals surface area contributed by atoms with E-state index in [-0.39, 0.29) is 17.5 Å². The van der Waals surface area contributed by atoms with Gasteiger partial charge in [0.2, 0.25) is 0 Å². The second kappa shape index (κ2) is 6.02. The van der Waals surface area contributed by atoms with Gasteiger partial charge in [0, 0.05) is 36.5 Å². The molecule has 0 radical (unpaired) electrons. The molecule has 1 aromatic heterocycles. The first-order valence-electron chi connectivity index (χ1n) is 8.11. The quantitative estimate of drug-likeness (QED) is 0.732. The highest BCUT2D eigenvalue weighted by Crippen LogP contribution is 2.45. The molecule has 0 N–H and O–H groups in total. The van der Waals surface area contributed by atoms with Gasteiger partial charge in [-0.2, -0.15) is 0 Å². The monoisotopic (exact) mass is 395 g/mol. The lowest BCUT2D eigenvalue weighted by atomic mass is 10.1. The summed E-state index contributed by atoms with van der Waals surface area (Å²) in [6.07, 6.45) is 4.77. The average molecular weight is 396 g/mol. The molecule has 2 amide bonds. The van der Waals surface area contributed by atoms with Crippen molar-refractivity contribution < 1.29 is 14.3 Å². The van der Waals surface area contributed by atoms with Crippen molar-refractivity contribution >= 4 is 27.9 Å². The van der Waals surface area contributed by atoms with Gasteiger partial charge in [-0.05, 0) is 55.6 Å². The van der Waals surface area contributed by atoms with Crippen LogP contribution in [-0.4, -0.2) is 57.6 Å². The normalized spacial score (nSPS) is 19.3. The van der Waals surface area contributed by atoms with E-state index in [0.717, 1.165) is 17.3 Å². The van der Waals surface area contributed by atoms with Crippen molar-refractivity contribution in [2.45, 2.75) is 44.8 Å². The minimum absolute atomic E-state index is 0.0230. The van der Waals surface area contributed by atoms with Crippen LogP contribution in [0, 0.1) is 0 Å². The molecule has 1 spiro atoms. The summed E-state index contributed by atoms with van der Waals surface area (Å²) in [5.74, 6) is -0.0230. The van der Waals surface area contributed by atoms with Gasteiger partial charge >= 0.3 is 6.09 Å². The highest BCUT2D eigenvalue weighted by Gasteiger charge is 2.54. The van der Waals surface area contributed by atoms with Gasteiger partial charge in [0.1, 0.15) is 5.60 Å². The van der Waals surface area contributed by atoms with Crippen molar-refractivity contribution in [1.82, 2.24) is 14.8 Å². The summed E-state index contributed by atoms with van der Waals surface area (Å²) in [6.45, 7) is 7.12.